The lowest BCUT2D eigenvalue weighted by Crippen LogP contribution is -2.35. The Labute approximate surface area is 102 Å². The molecule has 0 fully saturated rings. The van der Waals surface area contributed by atoms with Crippen molar-refractivity contribution in [1.29, 1.82) is 0 Å². The highest BCUT2D eigenvalue weighted by Crippen LogP contribution is 2.26. The van der Waals surface area contributed by atoms with Gasteiger partial charge in [0, 0.05) is 17.5 Å². The highest BCUT2D eigenvalue weighted by atomic mass is 32.2. The van der Waals surface area contributed by atoms with Crippen molar-refractivity contribution in [2.24, 2.45) is 0 Å². The first-order valence-corrected chi connectivity index (χ1v) is 6.79. The lowest BCUT2D eigenvalue weighted by Gasteiger charge is -2.24. The predicted molar refractivity (Wildman–Crippen MR) is 69.7 cm³/mol. The molecule has 0 bridgehead atoms. The van der Waals surface area contributed by atoms with Gasteiger partial charge >= 0.3 is 0 Å². The Hall–Kier alpha value is -0.610. The van der Waals surface area contributed by atoms with E-state index in [2.05, 4.69) is 29.1 Å². The summed E-state index contributed by atoms with van der Waals surface area (Å²) in [6.07, 6.45) is 7.00. The molecule has 1 heterocycles. The van der Waals surface area contributed by atoms with Gasteiger partial charge in [-0.3, -0.25) is 0 Å². The van der Waals surface area contributed by atoms with E-state index >= 15 is 0 Å². The van der Waals surface area contributed by atoms with Gasteiger partial charge in [0.15, 0.2) is 0 Å². The Morgan fingerprint density at radius 3 is 2.75 bits per heavy atom. The lowest BCUT2D eigenvalue weighted by atomic mass is 10.1. The molecule has 2 unspecified atom stereocenters. The van der Waals surface area contributed by atoms with Crippen molar-refractivity contribution in [3.8, 4) is 0 Å². The fraction of sp³-hybridized carbons (Fsp3) is 0.667. The van der Waals surface area contributed by atoms with E-state index in [1.54, 1.807) is 12.5 Å². The maximum Gasteiger partial charge on any atom is 0.116 e. The Morgan fingerprint density at radius 2 is 2.25 bits per heavy atom. The van der Waals surface area contributed by atoms with Gasteiger partial charge in [-0.25, -0.2) is 9.97 Å². The van der Waals surface area contributed by atoms with E-state index < -0.39 is 0 Å². The van der Waals surface area contributed by atoms with E-state index in [0.717, 1.165) is 11.4 Å². The third-order valence-corrected chi connectivity index (χ3v) is 4.10. The summed E-state index contributed by atoms with van der Waals surface area (Å²) in [6.45, 7) is 4.46. The Balaban J connectivity index is 2.60. The zero-order valence-electron chi connectivity index (χ0n) is 10.3. The van der Waals surface area contributed by atoms with Crippen LogP contribution in [0.3, 0.4) is 0 Å². The van der Waals surface area contributed by atoms with Crippen LogP contribution < -0.4 is 5.32 Å². The fourth-order valence-electron chi connectivity index (χ4n) is 1.78. The van der Waals surface area contributed by atoms with E-state index in [1.165, 1.54) is 12.8 Å². The molecule has 4 heteroatoms. The summed E-state index contributed by atoms with van der Waals surface area (Å²) in [6, 6.07) is 2.54. The van der Waals surface area contributed by atoms with E-state index in [-0.39, 0.29) is 0 Å². The fourth-order valence-corrected chi connectivity index (χ4v) is 2.94. The molecule has 1 aromatic rings. The van der Waals surface area contributed by atoms with Gasteiger partial charge in [0.05, 0.1) is 5.03 Å². The van der Waals surface area contributed by atoms with Crippen molar-refractivity contribution < 1.29 is 0 Å². The predicted octanol–water partition coefficient (Wildman–Crippen LogP) is 2.74. The summed E-state index contributed by atoms with van der Waals surface area (Å²) < 4.78 is 0. The second kappa shape index (κ2) is 7.63. The second-order valence-electron chi connectivity index (χ2n) is 3.80. The number of nitrogens with one attached hydrogen (secondary N) is 1. The van der Waals surface area contributed by atoms with Crippen LogP contribution in [0, 0.1) is 0 Å². The van der Waals surface area contributed by atoms with Gasteiger partial charge < -0.3 is 5.32 Å². The molecule has 0 radical (unpaired) electrons. The third kappa shape index (κ3) is 4.10. The molecular weight excluding hydrogens is 218 g/mol. The van der Waals surface area contributed by atoms with Crippen LogP contribution in [0.25, 0.3) is 0 Å². The van der Waals surface area contributed by atoms with Crippen LogP contribution in [-0.2, 0) is 0 Å². The molecule has 0 spiro atoms. The second-order valence-corrected chi connectivity index (χ2v) is 5.06. The summed E-state index contributed by atoms with van der Waals surface area (Å²) in [5, 5.41) is 5.06. The molecule has 0 aromatic carbocycles. The molecule has 2 atom stereocenters. The molecule has 0 aliphatic rings. The van der Waals surface area contributed by atoms with Crippen LogP contribution in [0.5, 0.6) is 0 Å². The summed E-state index contributed by atoms with van der Waals surface area (Å²) in [5.41, 5.74) is 0. The van der Waals surface area contributed by atoms with Crippen LogP contribution >= 0.6 is 11.8 Å². The zero-order chi connectivity index (χ0) is 11.8. The average molecular weight is 239 g/mol. The van der Waals surface area contributed by atoms with Crippen LogP contribution in [0.2, 0.25) is 0 Å². The maximum atomic E-state index is 4.27. The molecule has 90 valence electrons. The number of hydrogen-bond acceptors (Lipinski definition) is 4. The molecule has 1 rings (SSSR count). The van der Waals surface area contributed by atoms with Crippen molar-refractivity contribution in [3.63, 3.8) is 0 Å². The highest BCUT2D eigenvalue weighted by molar-refractivity contribution is 7.99. The molecule has 1 N–H and O–H groups in total. The molecule has 1 aromatic heterocycles. The first-order valence-electron chi connectivity index (χ1n) is 5.91. The Morgan fingerprint density at radius 1 is 1.44 bits per heavy atom. The topological polar surface area (TPSA) is 37.8 Å². The Bertz CT molecular complexity index is 279. The van der Waals surface area contributed by atoms with Gasteiger partial charge in [0.25, 0.3) is 0 Å². The van der Waals surface area contributed by atoms with Gasteiger partial charge in [-0.15, -0.1) is 11.8 Å². The lowest BCUT2D eigenvalue weighted by molar-refractivity contribution is 0.490. The van der Waals surface area contributed by atoms with Crippen molar-refractivity contribution in [2.75, 3.05) is 7.05 Å². The van der Waals surface area contributed by atoms with Crippen molar-refractivity contribution in [3.05, 3.63) is 18.6 Å². The minimum Gasteiger partial charge on any atom is -0.316 e. The van der Waals surface area contributed by atoms with E-state index in [0.29, 0.717) is 11.3 Å². The number of nitrogens with zero attached hydrogens (tertiary/aromatic N) is 2. The number of thioether (sulfide) groups is 1. The number of rotatable bonds is 7. The molecule has 0 aliphatic heterocycles. The van der Waals surface area contributed by atoms with Crippen molar-refractivity contribution >= 4 is 11.8 Å². The summed E-state index contributed by atoms with van der Waals surface area (Å²) in [7, 11) is 2.05. The molecule has 0 saturated carbocycles. The van der Waals surface area contributed by atoms with E-state index in [4.69, 9.17) is 0 Å². The largest absolute Gasteiger partial charge is 0.316 e. The third-order valence-electron chi connectivity index (χ3n) is 2.65. The molecular formula is C12H21N3S. The normalized spacial score (nSPS) is 14.7. The molecule has 3 nitrogen and oxygen atoms in total. The van der Waals surface area contributed by atoms with Crippen molar-refractivity contribution in [2.45, 2.75) is 49.4 Å². The van der Waals surface area contributed by atoms with Gasteiger partial charge in [-0.1, -0.05) is 20.3 Å². The van der Waals surface area contributed by atoms with Gasteiger partial charge in [0.2, 0.25) is 0 Å². The number of aromatic nitrogens is 2. The summed E-state index contributed by atoms with van der Waals surface area (Å²) in [5.74, 6) is 0. The van der Waals surface area contributed by atoms with Crippen LogP contribution in [-0.4, -0.2) is 28.3 Å². The van der Waals surface area contributed by atoms with E-state index in [1.807, 2.05) is 24.9 Å². The van der Waals surface area contributed by atoms with Gasteiger partial charge in [-0.05, 0) is 26.0 Å². The van der Waals surface area contributed by atoms with E-state index in [9.17, 15) is 0 Å². The summed E-state index contributed by atoms with van der Waals surface area (Å²) in [4.78, 5) is 8.21. The maximum absolute atomic E-state index is 4.27. The average Bonchev–Trinajstić information content (AvgIpc) is 2.35. The zero-order valence-corrected chi connectivity index (χ0v) is 11.1. The standard InChI is InChI=1S/C12H21N3S/c1-4-6-10(13-3)11(5-2)16-12-7-8-14-9-15-12/h7-11,13H,4-6H2,1-3H3. The monoisotopic (exact) mass is 239 g/mol. The molecule has 16 heavy (non-hydrogen) atoms. The Kier molecular flexibility index (Phi) is 6.42. The molecule has 0 aliphatic carbocycles. The highest BCUT2D eigenvalue weighted by Gasteiger charge is 2.18. The molecule has 0 amide bonds. The van der Waals surface area contributed by atoms with Crippen LogP contribution in [0.1, 0.15) is 33.1 Å². The quantitative estimate of drug-likeness (QED) is 0.586. The SMILES string of the molecule is CCCC(NC)C(CC)Sc1ccncn1. The summed E-state index contributed by atoms with van der Waals surface area (Å²) >= 11 is 1.85. The minimum absolute atomic E-state index is 0.565. The van der Waals surface area contributed by atoms with Crippen LogP contribution in [0.4, 0.5) is 0 Å². The van der Waals surface area contributed by atoms with Gasteiger partial charge in [0.1, 0.15) is 6.33 Å². The van der Waals surface area contributed by atoms with Crippen LogP contribution in [0.15, 0.2) is 23.6 Å². The number of hydrogen-bond donors (Lipinski definition) is 1. The minimum atomic E-state index is 0.565. The first-order chi connectivity index (χ1) is 7.81. The smallest absolute Gasteiger partial charge is 0.116 e. The molecule has 0 saturated heterocycles. The first kappa shape index (κ1) is 13.5. The van der Waals surface area contributed by atoms with Crippen molar-refractivity contribution in [1.82, 2.24) is 15.3 Å². The van der Waals surface area contributed by atoms with Gasteiger partial charge in [-0.2, -0.15) is 0 Å².